The third kappa shape index (κ3) is 2.55. The minimum atomic E-state index is 0.155. The van der Waals surface area contributed by atoms with Crippen LogP contribution in [-0.2, 0) is 5.41 Å². The fourth-order valence-electron chi connectivity index (χ4n) is 2.84. The molecule has 1 nitrogen and oxygen atoms in total. The normalized spacial score (nSPS) is 11.6. The molecule has 22 heavy (non-hydrogen) atoms. The van der Waals surface area contributed by atoms with E-state index in [9.17, 15) is 4.79 Å². The van der Waals surface area contributed by atoms with Crippen LogP contribution in [0.4, 0.5) is 0 Å². The average Bonchev–Trinajstić information content (AvgIpc) is 2.53. The van der Waals surface area contributed by atoms with E-state index in [1.54, 1.807) is 0 Å². The van der Waals surface area contributed by atoms with Crippen LogP contribution in [-0.4, -0.2) is 6.29 Å². The molecule has 3 rings (SSSR count). The van der Waals surface area contributed by atoms with Crippen molar-refractivity contribution >= 4 is 17.1 Å². The number of rotatable bonds is 2. The maximum absolute atomic E-state index is 11.2. The van der Waals surface area contributed by atoms with Gasteiger partial charge in [0.25, 0.3) is 0 Å². The summed E-state index contributed by atoms with van der Waals surface area (Å²) in [4.78, 5) is 11.2. The zero-order chi connectivity index (χ0) is 15.7. The van der Waals surface area contributed by atoms with Crippen LogP contribution in [0.3, 0.4) is 0 Å². The SMILES string of the molecule is CC(C)(C)c1ccc(-c2cccc3c(C=O)cccc23)cc1. The second-order valence-electron chi connectivity index (χ2n) is 6.69. The molecule has 0 unspecified atom stereocenters. The third-order valence-corrected chi connectivity index (χ3v) is 4.14. The highest BCUT2D eigenvalue weighted by molar-refractivity contribution is 6.04. The first kappa shape index (κ1) is 14.5. The molecule has 0 amide bonds. The third-order valence-electron chi connectivity index (χ3n) is 4.14. The van der Waals surface area contributed by atoms with Crippen LogP contribution >= 0.6 is 0 Å². The molecule has 3 aromatic carbocycles. The first-order valence-corrected chi connectivity index (χ1v) is 7.58. The number of carbonyl (C=O) groups is 1. The molecule has 0 aliphatic heterocycles. The highest BCUT2D eigenvalue weighted by atomic mass is 16.1. The molecule has 0 aliphatic rings. The molecule has 1 heteroatoms. The van der Waals surface area contributed by atoms with E-state index in [1.165, 1.54) is 16.7 Å². The quantitative estimate of drug-likeness (QED) is 0.559. The topological polar surface area (TPSA) is 17.1 Å². The zero-order valence-electron chi connectivity index (χ0n) is 13.3. The van der Waals surface area contributed by atoms with Gasteiger partial charge in [0.05, 0.1) is 0 Å². The number of hydrogen-bond donors (Lipinski definition) is 0. The van der Waals surface area contributed by atoms with Crippen molar-refractivity contribution in [1.29, 1.82) is 0 Å². The van der Waals surface area contributed by atoms with Crippen LogP contribution in [0.2, 0.25) is 0 Å². The maximum Gasteiger partial charge on any atom is 0.150 e. The number of carbonyl (C=O) groups excluding carboxylic acids is 1. The van der Waals surface area contributed by atoms with E-state index in [0.29, 0.717) is 0 Å². The Kier molecular flexibility index (Phi) is 3.58. The maximum atomic E-state index is 11.2. The van der Waals surface area contributed by atoms with E-state index in [2.05, 4.69) is 57.2 Å². The lowest BCUT2D eigenvalue weighted by Gasteiger charge is -2.19. The van der Waals surface area contributed by atoms with Gasteiger partial charge in [-0.1, -0.05) is 81.4 Å². The van der Waals surface area contributed by atoms with Crippen molar-refractivity contribution in [3.8, 4) is 11.1 Å². The van der Waals surface area contributed by atoms with E-state index in [-0.39, 0.29) is 5.41 Å². The van der Waals surface area contributed by atoms with E-state index < -0.39 is 0 Å². The summed E-state index contributed by atoms with van der Waals surface area (Å²) in [5.74, 6) is 0. The Labute approximate surface area is 131 Å². The lowest BCUT2D eigenvalue weighted by Crippen LogP contribution is -2.10. The first-order valence-electron chi connectivity index (χ1n) is 7.58. The lowest BCUT2D eigenvalue weighted by atomic mass is 9.86. The molecule has 0 heterocycles. The van der Waals surface area contributed by atoms with Gasteiger partial charge in [0.1, 0.15) is 0 Å². The zero-order valence-corrected chi connectivity index (χ0v) is 13.3. The summed E-state index contributed by atoms with van der Waals surface area (Å²) < 4.78 is 0. The molecule has 0 fully saturated rings. The molecule has 0 aliphatic carbocycles. The molecule has 0 saturated carbocycles. The second-order valence-corrected chi connectivity index (χ2v) is 6.69. The molecule has 0 saturated heterocycles. The summed E-state index contributed by atoms with van der Waals surface area (Å²) in [6.45, 7) is 6.66. The van der Waals surface area contributed by atoms with Crippen LogP contribution in [0.15, 0.2) is 60.7 Å². The van der Waals surface area contributed by atoms with Gasteiger partial charge < -0.3 is 0 Å². The van der Waals surface area contributed by atoms with E-state index in [0.717, 1.165) is 22.6 Å². The summed E-state index contributed by atoms with van der Waals surface area (Å²) in [5, 5.41) is 2.13. The largest absolute Gasteiger partial charge is 0.298 e. The van der Waals surface area contributed by atoms with Gasteiger partial charge in [0.15, 0.2) is 6.29 Å². The fourth-order valence-corrected chi connectivity index (χ4v) is 2.84. The predicted octanol–water partition coefficient (Wildman–Crippen LogP) is 5.62. The predicted molar refractivity (Wildman–Crippen MR) is 93.5 cm³/mol. The second kappa shape index (κ2) is 5.42. The fraction of sp³-hybridized carbons (Fsp3) is 0.190. The van der Waals surface area contributed by atoms with Crippen molar-refractivity contribution in [2.75, 3.05) is 0 Å². The van der Waals surface area contributed by atoms with Gasteiger partial charge in [-0.25, -0.2) is 0 Å². The molecule has 110 valence electrons. The molecule has 0 bridgehead atoms. The molecule has 0 atom stereocenters. The Morgan fingerprint density at radius 3 is 2.05 bits per heavy atom. The number of benzene rings is 3. The van der Waals surface area contributed by atoms with Gasteiger partial charge in [-0.05, 0) is 32.9 Å². The van der Waals surface area contributed by atoms with E-state index in [4.69, 9.17) is 0 Å². The molecule has 3 aromatic rings. The van der Waals surface area contributed by atoms with Crippen molar-refractivity contribution in [3.05, 3.63) is 71.8 Å². The van der Waals surface area contributed by atoms with Crippen molar-refractivity contribution in [1.82, 2.24) is 0 Å². The molecule has 0 N–H and O–H groups in total. The average molecular weight is 288 g/mol. The molecule has 0 spiro atoms. The van der Waals surface area contributed by atoms with E-state index >= 15 is 0 Å². The van der Waals surface area contributed by atoms with Crippen LogP contribution in [0.25, 0.3) is 21.9 Å². The van der Waals surface area contributed by atoms with Gasteiger partial charge in [0.2, 0.25) is 0 Å². The summed E-state index contributed by atoms with van der Waals surface area (Å²) in [6, 6.07) is 20.7. The van der Waals surface area contributed by atoms with E-state index in [1.807, 2.05) is 24.3 Å². The Morgan fingerprint density at radius 2 is 1.41 bits per heavy atom. The molecular formula is C21H20O. The minimum absolute atomic E-state index is 0.155. The Hall–Kier alpha value is -2.41. The van der Waals surface area contributed by atoms with Crippen molar-refractivity contribution < 1.29 is 4.79 Å². The van der Waals surface area contributed by atoms with Gasteiger partial charge in [-0.15, -0.1) is 0 Å². The lowest BCUT2D eigenvalue weighted by molar-refractivity contribution is 0.112. The smallest absolute Gasteiger partial charge is 0.150 e. The van der Waals surface area contributed by atoms with Crippen LogP contribution in [0.1, 0.15) is 36.7 Å². The Bertz CT molecular complexity index is 821. The van der Waals surface area contributed by atoms with Crippen molar-refractivity contribution in [2.45, 2.75) is 26.2 Å². The summed E-state index contributed by atoms with van der Waals surface area (Å²) >= 11 is 0. The summed E-state index contributed by atoms with van der Waals surface area (Å²) in [7, 11) is 0. The Morgan fingerprint density at radius 1 is 0.773 bits per heavy atom. The van der Waals surface area contributed by atoms with Crippen LogP contribution in [0, 0.1) is 0 Å². The van der Waals surface area contributed by atoms with Gasteiger partial charge in [-0.3, -0.25) is 4.79 Å². The highest BCUT2D eigenvalue weighted by Crippen LogP contribution is 2.31. The van der Waals surface area contributed by atoms with Crippen LogP contribution in [0.5, 0.6) is 0 Å². The number of fused-ring (bicyclic) bond motifs is 1. The van der Waals surface area contributed by atoms with Crippen LogP contribution < -0.4 is 0 Å². The molecule has 0 aromatic heterocycles. The highest BCUT2D eigenvalue weighted by Gasteiger charge is 2.13. The van der Waals surface area contributed by atoms with Crippen molar-refractivity contribution in [3.63, 3.8) is 0 Å². The van der Waals surface area contributed by atoms with Gasteiger partial charge in [0, 0.05) is 5.56 Å². The first-order chi connectivity index (χ1) is 10.5. The van der Waals surface area contributed by atoms with Gasteiger partial charge in [-0.2, -0.15) is 0 Å². The summed E-state index contributed by atoms with van der Waals surface area (Å²) in [5.41, 5.74) is 4.57. The monoisotopic (exact) mass is 288 g/mol. The number of hydrogen-bond acceptors (Lipinski definition) is 1. The standard InChI is InChI=1S/C21H20O/c1-21(2,3)17-12-10-15(11-13-17)18-7-5-8-19-16(14-22)6-4-9-20(18)19/h4-14H,1-3H3. The Balaban J connectivity index is 2.16. The molecule has 0 radical (unpaired) electrons. The number of aldehydes is 1. The minimum Gasteiger partial charge on any atom is -0.298 e. The van der Waals surface area contributed by atoms with Crippen molar-refractivity contribution in [2.24, 2.45) is 0 Å². The summed E-state index contributed by atoms with van der Waals surface area (Å²) in [6.07, 6.45) is 0.925. The van der Waals surface area contributed by atoms with Gasteiger partial charge >= 0.3 is 0 Å². The molecular weight excluding hydrogens is 268 g/mol.